The number of Topliss-reactive ketones (excluding diaryl/α,β-unsaturated/α-hetero) is 1. The topological polar surface area (TPSA) is 46.6 Å². The molecule has 1 aliphatic heterocycles. The molecule has 1 atom stereocenters. The molecule has 0 unspecified atom stereocenters. The highest BCUT2D eigenvalue weighted by Crippen LogP contribution is 2.37. The molecule has 1 aromatic carbocycles. The Morgan fingerprint density at radius 2 is 1.83 bits per heavy atom. The fourth-order valence-corrected chi connectivity index (χ4v) is 2.69. The standard InChI is InChI=1S/C17H20F3NO3/c1-16(2,3)24-15(23)21-9-8-12(14(22)10-21)11-6-4-5-7-13(11)17(18,19)20/h4-7,12H,8-10H2,1-3H3/t12-/m0/s1. The number of benzene rings is 1. The van der Waals surface area contributed by atoms with Crippen molar-refractivity contribution < 1.29 is 27.5 Å². The minimum atomic E-state index is -4.51. The van der Waals surface area contributed by atoms with Crippen LogP contribution in [0, 0.1) is 0 Å². The van der Waals surface area contributed by atoms with Crippen LogP contribution in [0.3, 0.4) is 0 Å². The molecule has 7 heteroatoms. The zero-order valence-electron chi connectivity index (χ0n) is 13.8. The van der Waals surface area contributed by atoms with Crippen LogP contribution in [0.4, 0.5) is 18.0 Å². The van der Waals surface area contributed by atoms with Gasteiger partial charge in [0.25, 0.3) is 0 Å². The Labute approximate surface area is 138 Å². The molecule has 0 radical (unpaired) electrons. The van der Waals surface area contributed by atoms with Crippen molar-refractivity contribution in [2.24, 2.45) is 0 Å². The lowest BCUT2D eigenvalue weighted by Crippen LogP contribution is -2.45. The van der Waals surface area contributed by atoms with Gasteiger partial charge >= 0.3 is 12.3 Å². The lowest BCUT2D eigenvalue weighted by molar-refractivity contribution is -0.138. The van der Waals surface area contributed by atoms with Crippen molar-refractivity contribution in [1.82, 2.24) is 4.90 Å². The van der Waals surface area contributed by atoms with E-state index in [9.17, 15) is 22.8 Å². The van der Waals surface area contributed by atoms with E-state index >= 15 is 0 Å². The van der Waals surface area contributed by atoms with Gasteiger partial charge in [0.15, 0.2) is 5.78 Å². The number of carbonyl (C=O) groups excluding carboxylic acids is 2. The fraction of sp³-hybridized carbons (Fsp3) is 0.529. The molecule has 4 nitrogen and oxygen atoms in total. The molecule has 1 aromatic rings. The third kappa shape index (κ3) is 4.27. The molecule has 2 rings (SSSR count). The summed E-state index contributed by atoms with van der Waals surface area (Å²) in [6.45, 7) is 5.06. The van der Waals surface area contributed by atoms with E-state index in [2.05, 4.69) is 0 Å². The van der Waals surface area contributed by atoms with Gasteiger partial charge in [-0.25, -0.2) is 4.79 Å². The normalized spacial score (nSPS) is 19.3. The number of carbonyl (C=O) groups is 2. The minimum Gasteiger partial charge on any atom is -0.444 e. The third-order valence-electron chi connectivity index (χ3n) is 3.72. The first-order chi connectivity index (χ1) is 11.0. The Bertz CT molecular complexity index is 635. The maximum Gasteiger partial charge on any atom is 0.416 e. The number of piperidine rings is 1. The van der Waals surface area contributed by atoms with Crippen molar-refractivity contribution >= 4 is 11.9 Å². The molecule has 1 aliphatic rings. The molecule has 1 heterocycles. The zero-order chi connectivity index (χ0) is 18.1. The van der Waals surface area contributed by atoms with Crippen LogP contribution >= 0.6 is 0 Å². The lowest BCUT2D eigenvalue weighted by atomic mass is 9.85. The molecule has 0 aromatic heterocycles. The smallest absolute Gasteiger partial charge is 0.416 e. The van der Waals surface area contributed by atoms with Crippen LogP contribution in [0.2, 0.25) is 0 Å². The molecule has 1 amide bonds. The van der Waals surface area contributed by atoms with Gasteiger partial charge in [0.1, 0.15) is 5.60 Å². The predicted molar refractivity (Wildman–Crippen MR) is 81.6 cm³/mol. The summed E-state index contributed by atoms with van der Waals surface area (Å²) in [4.78, 5) is 25.6. The van der Waals surface area contributed by atoms with E-state index in [1.165, 1.54) is 23.1 Å². The van der Waals surface area contributed by atoms with Crippen molar-refractivity contribution in [3.63, 3.8) is 0 Å². The molecule has 0 bridgehead atoms. The average Bonchev–Trinajstić information content (AvgIpc) is 2.44. The van der Waals surface area contributed by atoms with Crippen LogP contribution < -0.4 is 0 Å². The monoisotopic (exact) mass is 343 g/mol. The second kappa shape index (κ2) is 6.45. The average molecular weight is 343 g/mol. The number of ketones is 1. The summed E-state index contributed by atoms with van der Waals surface area (Å²) in [5.74, 6) is -1.27. The number of likely N-dealkylation sites (tertiary alicyclic amines) is 1. The van der Waals surface area contributed by atoms with Crippen LogP contribution in [0.1, 0.15) is 44.2 Å². The fourth-order valence-electron chi connectivity index (χ4n) is 2.69. The van der Waals surface area contributed by atoms with Crippen molar-refractivity contribution in [3.05, 3.63) is 35.4 Å². The molecule has 0 spiro atoms. The van der Waals surface area contributed by atoms with Crippen molar-refractivity contribution in [2.45, 2.75) is 44.9 Å². The van der Waals surface area contributed by atoms with Gasteiger partial charge in [-0.2, -0.15) is 13.2 Å². The van der Waals surface area contributed by atoms with E-state index in [0.29, 0.717) is 0 Å². The Morgan fingerprint density at radius 1 is 1.21 bits per heavy atom. The summed E-state index contributed by atoms with van der Waals surface area (Å²) in [7, 11) is 0. The molecule has 0 aliphatic carbocycles. The summed E-state index contributed by atoms with van der Waals surface area (Å²) < 4.78 is 44.6. The van der Waals surface area contributed by atoms with Gasteiger partial charge in [0.05, 0.1) is 12.1 Å². The van der Waals surface area contributed by atoms with E-state index in [0.717, 1.165) is 6.07 Å². The molecule has 1 fully saturated rings. The molecule has 0 N–H and O–H groups in total. The van der Waals surface area contributed by atoms with Gasteiger partial charge in [-0.1, -0.05) is 18.2 Å². The summed E-state index contributed by atoms with van der Waals surface area (Å²) in [5.41, 5.74) is -1.52. The molecule has 0 saturated carbocycles. The lowest BCUT2D eigenvalue weighted by Gasteiger charge is -2.33. The highest BCUT2D eigenvalue weighted by molar-refractivity contribution is 5.91. The molecule has 1 saturated heterocycles. The van der Waals surface area contributed by atoms with Gasteiger partial charge in [-0.05, 0) is 38.8 Å². The summed E-state index contributed by atoms with van der Waals surface area (Å²) in [6, 6.07) is 5.09. The van der Waals surface area contributed by atoms with Crippen LogP contribution in [-0.2, 0) is 15.7 Å². The van der Waals surface area contributed by atoms with E-state index in [-0.39, 0.29) is 25.1 Å². The summed E-state index contributed by atoms with van der Waals surface area (Å²) >= 11 is 0. The first-order valence-corrected chi connectivity index (χ1v) is 7.66. The number of hydrogen-bond donors (Lipinski definition) is 0. The van der Waals surface area contributed by atoms with Crippen LogP contribution in [-0.4, -0.2) is 35.5 Å². The van der Waals surface area contributed by atoms with Gasteiger partial charge in [0, 0.05) is 12.5 Å². The largest absolute Gasteiger partial charge is 0.444 e. The molecular formula is C17H20F3NO3. The number of nitrogens with zero attached hydrogens (tertiary/aromatic N) is 1. The maximum absolute atomic E-state index is 13.1. The van der Waals surface area contributed by atoms with Crippen LogP contribution in [0.25, 0.3) is 0 Å². The van der Waals surface area contributed by atoms with Gasteiger partial charge in [-0.15, -0.1) is 0 Å². The predicted octanol–water partition coefficient (Wildman–Crippen LogP) is 4.00. The number of alkyl halides is 3. The number of ether oxygens (including phenoxy) is 1. The second-order valence-corrected chi connectivity index (χ2v) is 6.79. The summed E-state index contributed by atoms with van der Waals surface area (Å²) in [6.07, 6.45) is -5.00. The zero-order valence-corrected chi connectivity index (χ0v) is 13.8. The SMILES string of the molecule is CC(C)(C)OC(=O)N1CC[C@@H](c2ccccc2C(F)(F)F)C(=O)C1. The number of halogens is 3. The maximum atomic E-state index is 13.1. The number of hydrogen-bond acceptors (Lipinski definition) is 3. The highest BCUT2D eigenvalue weighted by Gasteiger charge is 2.39. The molecule has 24 heavy (non-hydrogen) atoms. The van der Waals surface area contributed by atoms with E-state index in [1.54, 1.807) is 20.8 Å². The summed E-state index contributed by atoms with van der Waals surface area (Å²) in [5, 5.41) is 0. The van der Waals surface area contributed by atoms with Crippen LogP contribution in [0.15, 0.2) is 24.3 Å². The second-order valence-electron chi connectivity index (χ2n) is 6.79. The first kappa shape index (κ1) is 18.3. The number of amides is 1. The van der Waals surface area contributed by atoms with Crippen molar-refractivity contribution in [2.75, 3.05) is 13.1 Å². The third-order valence-corrected chi connectivity index (χ3v) is 3.72. The van der Waals surface area contributed by atoms with Gasteiger partial charge in [-0.3, -0.25) is 4.79 Å². The quantitative estimate of drug-likeness (QED) is 0.774. The van der Waals surface area contributed by atoms with Crippen molar-refractivity contribution in [1.29, 1.82) is 0 Å². The Balaban J connectivity index is 2.16. The Morgan fingerprint density at radius 3 is 2.38 bits per heavy atom. The highest BCUT2D eigenvalue weighted by atomic mass is 19.4. The van der Waals surface area contributed by atoms with Crippen molar-refractivity contribution in [3.8, 4) is 0 Å². The Hall–Kier alpha value is -2.05. The number of rotatable bonds is 1. The van der Waals surface area contributed by atoms with Gasteiger partial charge in [0.2, 0.25) is 0 Å². The van der Waals surface area contributed by atoms with E-state index < -0.39 is 35.1 Å². The molecule has 132 valence electrons. The Kier molecular flexibility index (Phi) is 4.92. The molecular weight excluding hydrogens is 323 g/mol. The van der Waals surface area contributed by atoms with Gasteiger partial charge < -0.3 is 9.64 Å². The van der Waals surface area contributed by atoms with Crippen LogP contribution in [0.5, 0.6) is 0 Å². The first-order valence-electron chi connectivity index (χ1n) is 7.66. The van der Waals surface area contributed by atoms with E-state index in [1.807, 2.05) is 0 Å². The minimum absolute atomic E-state index is 0.0289. The van der Waals surface area contributed by atoms with E-state index in [4.69, 9.17) is 4.74 Å².